The molecule has 0 bridgehead atoms. The monoisotopic (exact) mass is 463 g/mol. The lowest BCUT2D eigenvalue weighted by atomic mass is 10.1. The van der Waals surface area contributed by atoms with Crippen LogP contribution in [-0.4, -0.2) is 78.4 Å². The number of hydrogen-bond donors (Lipinski definition) is 2. The van der Waals surface area contributed by atoms with E-state index in [1.54, 1.807) is 30.3 Å². The molecule has 0 saturated carbocycles. The van der Waals surface area contributed by atoms with E-state index in [1.165, 1.54) is 12.1 Å². The van der Waals surface area contributed by atoms with Crippen LogP contribution in [0.1, 0.15) is 22.5 Å². The van der Waals surface area contributed by atoms with E-state index in [1.807, 2.05) is 6.07 Å². The second-order valence-electron chi connectivity index (χ2n) is 8.50. The quantitative estimate of drug-likeness (QED) is 0.718. The number of rotatable bonds is 3. The molecule has 2 aromatic rings. The van der Waals surface area contributed by atoms with Gasteiger partial charge in [0, 0.05) is 51.0 Å². The van der Waals surface area contributed by atoms with Crippen molar-refractivity contribution in [2.75, 3.05) is 44.7 Å². The van der Waals surface area contributed by atoms with Gasteiger partial charge in [0.1, 0.15) is 11.5 Å². The molecule has 1 aromatic carbocycles. The van der Waals surface area contributed by atoms with Gasteiger partial charge in [-0.25, -0.2) is 14.4 Å². The number of anilines is 1. The van der Waals surface area contributed by atoms with Gasteiger partial charge in [-0.05, 0) is 36.8 Å². The first-order valence-corrected chi connectivity index (χ1v) is 11.3. The predicted octanol–water partition coefficient (Wildman–Crippen LogP) is 1.56. The van der Waals surface area contributed by atoms with Crippen molar-refractivity contribution in [3.8, 4) is 0 Å². The Balaban J connectivity index is 1.22. The normalized spacial score (nSPS) is 20.6. The van der Waals surface area contributed by atoms with E-state index in [0.717, 1.165) is 31.9 Å². The maximum absolute atomic E-state index is 13.6. The molecule has 1 atom stereocenters. The van der Waals surface area contributed by atoms with E-state index in [-0.39, 0.29) is 23.7 Å². The number of piperazine rings is 1. The molecule has 1 unspecified atom stereocenters. The van der Waals surface area contributed by atoms with Gasteiger partial charge in [-0.15, -0.1) is 0 Å². The lowest BCUT2D eigenvalue weighted by molar-refractivity contribution is -0.129. The van der Waals surface area contributed by atoms with Crippen molar-refractivity contribution in [2.24, 2.45) is 4.99 Å². The molecule has 10 heteroatoms. The highest BCUT2D eigenvalue weighted by Gasteiger charge is 2.40. The number of fused-ring (bicyclic) bond motifs is 1. The number of aliphatic imine (C=N–C) groups is 1. The van der Waals surface area contributed by atoms with Gasteiger partial charge in [0.05, 0.1) is 23.6 Å². The van der Waals surface area contributed by atoms with Gasteiger partial charge in [-0.3, -0.25) is 19.4 Å². The van der Waals surface area contributed by atoms with Crippen LogP contribution in [0.15, 0.2) is 48.1 Å². The summed E-state index contributed by atoms with van der Waals surface area (Å²) >= 11 is 0. The summed E-state index contributed by atoms with van der Waals surface area (Å²) in [5.74, 6) is -0.112. The largest absolute Gasteiger partial charge is 0.368 e. The molecule has 3 aliphatic rings. The first-order valence-electron chi connectivity index (χ1n) is 11.3. The minimum Gasteiger partial charge on any atom is -0.368 e. The Kier molecular flexibility index (Phi) is 5.74. The fraction of sp³-hybridized carbons (Fsp3) is 0.333. The molecule has 0 radical (unpaired) electrons. The van der Waals surface area contributed by atoms with Gasteiger partial charge < -0.3 is 15.5 Å². The summed E-state index contributed by atoms with van der Waals surface area (Å²) in [7, 11) is 1.58. The average Bonchev–Trinajstić information content (AvgIpc) is 3.25. The molecule has 2 saturated heterocycles. The number of nitrogens with zero attached hydrogens (tertiary/aromatic N) is 5. The molecular weight excluding hydrogens is 437 g/mol. The van der Waals surface area contributed by atoms with Gasteiger partial charge in [0.15, 0.2) is 0 Å². The number of carbonyl (C=O) groups is 2. The number of likely N-dealkylation sites (tertiary alicyclic amines) is 1. The first-order chi connectivity index (χ1) is 16.4. The molecule has 0 aliphatic carbocycles. The van der Waals surface area contributed by atoms with Gasteiger partial charge in [-0.2, -0.15) is 0 Å². The summed E-state index contributed by atoms with van der Waals surface area (Å²) in [6, 6.07) is 7.76. The zero-order chi connectivity index (χ0) is 23.8. The average molecular weight is 464 g/mol. The minimum absolute atomic E-state index is 0.00894. The van der Waals surface area contributed by atoms with Crippen molar-refractivity contribution < 1.29 is 14.0 Å². The zero-order valence-corrected chi connectivity index (χ0v) is 18.9. The Morgan fingerprint density at radius 1 is 1.18 bits per heavy atom. The predicted molar refractivity (Wildman–Crippen MR) is 127 cm³/mol. The van der Waals surface area contributed by atoms with Crippen LogP contribution in [0.2, 0.25) is 0 Å². The fourth-order valence-corrected chi connectivity index (χ4v) is 4.66. The first kappa shape index (κ1) is 22.0. The molecule has 2 N–H and O–H groups in total. The Hall–Kier alpha value is -3.79. The third kappa shape index (κ3) is 4.01. The molecule has 5 rings (SSSR count). The van der Waals surface area contributed by atoms with Crippen molar-refractivity contribution in [3.63, 3.8) is 0 Å². The number of hydrogen-bond acceptors (Lipinski definition) is 7. The number of guanidine groups is 1. The number of pyridine rings is 1. The molecule has 176 valence electrons. The summed E-state index contributed by atoms with van der Waals surface area (Å²) in [6.45, 7) is 7.55. The van der Waals surface area contributed by atoms with E-state index in [0.29, 0.717) is 41.6 Å². The number of halogens is 1. The van der Waals surface area contributed by atoms with Gasteiger partial charge >= 0.3 is 0 Å². The van der Waals surface area contributed by atoms with Crippen molar-refractivity contribution in [1.82, 2.24) is 25.4 Å². The third-order valence-electron chi connectivity index (χ3n) is 6.53. The maximum Gasteiger partial charge on any atom is 0.269 e. The highest BCUT2D eigenvalue weighted by atomic mass is 19.1. The van der Waals surface area contributed by atoms with Crippen LogP contribution in [0.5, 0.6) is 0 Å². The minimum atomic E-state index is -0.352. The maximum atomic E-state index is 13.6. The molecule has 9 nitrogen and oxygen atoms in total. The van der Waals surface area contributed by atoms with Crippen LogP contribution in [0.4, 0.5) is 15.8 Å². The molecule has 0 spiro atoms. The number of aromatic nitrogens is 1. The molecule has 2 fully saturated rings. The van der Waals surface area contributed by atoms with Gasteiger partial charge in [0.25, 0.3) is 5.91 Å². The second kappa shape index (κ2) is 8.86. The molecule has 4 heterocycles. The summed E-state index contributed by atoms with van der Waals surface area (Å²) in [4.78, 5) is 39.8. The Bertz CT molecular complexity index is 1170. The zero-order valence-electron chi connectivity index (χ0n) is 18.9. The molecular formula is C24H26FN7O2. The van der Waals surface area contributed by atoms with E-state index in [9.17, 15) is 14.0 Å². The van der Waals surface area contributed by atoms with Crippen LogP contribution >= 0.6 is 0 Å². The summed E-state index contributed by atoms with van der Waals surface area (Å²) in [5.41, 5.74) is 3.07. The molecule has 34 heavy (non-hydrogen) atoms. The summed E-state index contributed by atoms with van der Waals surface area (Å²) in [5, 5.41) is 5.64. The Morgan fingerprint density at radius 3 is 2.68 bits per heavy atom. The molecule has 1 aromatic heterocycles. The van der Waals surface area contributed by atoms with Gasteiger partial charge in [-0.1, -0.05) is 6.58 Å². The summed E-state index contributed by atoms with van der Waals surface area (Å²) < 4.78 is 13.6. The van der Waals surface area contributed by atoms with E-state index < -0.39 is 0 Å². The van der Waals surface area contributed by atoms with Crippen LogP contribution in [0, 0.1) is 5.82 Å². The van der Waals surface area contributed by atoms with E-state index >= 15 is 0 Å². The van der Waals surface area contributed by atoms with Crippen molar-refractivity contribution >= 4 is 34.8 Å². The number of benzene rings is 1. The molecule has 2 amide bonds. The highest BCUT2D eigenvalue weighted by molar-refractivity contribution is 6.06. The number of nitrogens with one attached hydrogen (secondary N) is 2. The van der Waals surface area contributed by atoms with Crippen molar-refractivity contribution in [3.05, 3.63) is 60.2 Å². The topological polar surface area (TPSA) is 93.2 Å². The SMILES string of the molecule is C=C1NC(N2CCC(N3CCN(c4ccc(C(=O)NC)nc4)CC3)C2=O)=Nc2ccc(F)cc21. The lowest BCUT2D eigenvalue weighted by Gasteiger charge is -2.38. The Morgan fingerprint density at radius 2 is 1.97 bits per heavy atom. The third-order valence-corrected chi connectivity index (χ3v) is 6.53. The molecule has 3 aliphatic heterocycles. The van der Waals surface area contributed by atoms with Crippen LogP contribution in [-0.2, 0) is 4.79 Å². The second-order valence-corrected chi connectivity index (χ2v) is 8.50. The van der Waals surface area contributed by atoms with E-state index in [4.69, 9.17) is 0 Å². The lowest BCUT2D eigenvalue weighted by Crippen LogP contribution is -2.53. The number of carbonyl (C=O) groups excluding carboxylic acids is 2. The number of amides is 2. The van der Waals surface area contributed by atoms with Gasteiger partial charge in [0.2, 0.25) is 11.9 Å². The van der Waals surface area contributed by atoms with Crippen molar-refractivity contribution in [1.29, 1.82) is 0 Å². The highest BCUT2D eigenvalue weighted by Crippen LogP contribution is 2.30. The summed E-state index contributed by atoms with van der Waals surface area (Å²) in [6.07, 6.45) is 2.43. The van der Waals surface area contributed by atoms with Crippen LogP contribution in [0.3, 0.4) is 0 Å². The van der Waals surface area contributed by atoms with E-state index in [2.05, 4.69) is 37.0 Å². The Labute approximate surface area is 197 Å². The van der Waals surface area contributed by atoms with Crippen LogP contribution < -0.4 is 15.5 Å². The van der Waals surface area contributed by atoms with Crippen LogP contribution in [0.25, 0.3) is 5.70 Å². The fourth-order valence-electron chi connectivity index (χ4n) is 4.66. The van der Waals surface area contributed by atoms with Crippen molar-refractivity contribution in [2.45, 2.75) is 12.5 Å². The smallest absolute Gasteiger partial charge is 0.269 e. The standard InChI is InChI=1S/C24H26FN7O2/c1-15-18-13-16(25)3-5-19(18)29-24(28-15)32-8-7-21(23(32)34)31-11-9-30(10-12-31)17-4-6-20(27-14-17)22(33)26-2/h3-6,13-14,21H,1,7-12H2,2H3,(H,26,33)(H,28,29).